The Balaban J connectivity index is 1.78. The number of carbonyl (C=O) groups excluding carboxylic acids is 1. The van der Waals surface area contributed by atoms with Crippen molar-refractivity contribution in [3.8, 4) is 0 Å². The fourth-order valence-corrected chi connectivity index (χ4v) is 2.80. The van der Waals surface area contributed by atoms with Gasteiger partial charge in [0, 0.05) is 12.2 Å². The van der Waals surface area contributed by atoms with Crippen LogP contribution >= 0.6 is 0 Å². The van der Waals surface area contributed by atoms with Gasteiger partial charge in [-0.25, -0.2) is 4.79 Å². The maximum Gasteiger partial charge on any atom is 0.338 e. The molecule has 0 bridgehead atoms. The summed E-state index contributed by atoms with van der Waals surface area (Å²) < 4.78 is 5.12. The molecule has 0 atom stereocenters. The van der Waals surface area contributed by atoms with E-state index in [1.54, 1.807) is 0 Å². The minimum atomic E-state index is -0.232. The lowest BCUT2D eigenvalue weighted by Crippen LogP contribution is -2.20. The highest BCUT2D eigenvalue weighted by molar-refractivity contribution is 5.89. The number of nitrogens with one attached hydrogen (secondary N) is 1. The standard InChI is InChI=1S/C18H27NO2/c1-3-12-21-18(20)16-8-10-17(11-9-16)19-13-15-6-4-14(2)5-7-15/h8-11,14-15,19H,3-7,12-13H2,1-2H3. The average Bonchev–Trinajstić information content (AvgIpc) is 2.52. The maximum absolute atomic E-state index is 11.7. The smallest absolute Gasteiger partial charge is 0.338 e. The summed E-state index contributed by atoms with van der Waals surface area (Å²) in [4.78, 5) is 11.7. The molecule has 1 saturated carbocycles. The second kappa shape index (κ2) is 8.06. The van der Waals surface area contributed by atoms with Crippen molar-refractivity contribution < 1.29 is 9.53 Å². The molecule has 1 aliphatic rings. The molecule has 0 heterocycles. The van der Waals surface area contributed by atoms with Crippen LogP contribution in [0, 0.1) is 11.8 Å². The highest BCUT2D eigenvalue weighted by atomic mass is 16.5. The monoisotopic (exact) mass is 289 g/mol. The van der Waals surface area contributed by atoms with Gasteiger partial charge in [-0.3, -0.25) is 0 Å². The molecule has 1 aliphatic carbocycles. The van der Waals surface area contributed by atoms with Gasteiger partial charge in [-0.1, -0.05) is 26.7 Å². The number of esters is 1. The summed E-state index contributed by atoms with van der Waals surface area (Å²) in [5.74, 6) is 1.45. The summed E-state index contributed by atoms with van der Waals surface area (Å²) in [6.45, 7) is 5.86. The second-order valence-electron chi connectivity index (χ2n) is 6.22. The van der Waals surface area contributed by atoms with Gasteiger partial charge < -0.3 is 10.1 Å². The van der Waals surface area contributed by atoms with Crippen LogP contribution < -0.4 is 5.32 Å². The molecule has 2 rings (SSSR count). The van der Waals surface area contributed by atoms with E-state index in [-0.39, 0.29) is 5.97 Å². The van der Waals surface area contributed by atoms with Gasteiger partial charge in [0.2, 0.25) is 0 Å². The number of hydrogen-bond acceptors (Lipinski definition) is 3. The van der Waals surface area contributed by atoms with Crippen molar-refractivity contribution in [3.63, 3.8) is 0 Å². The van der Waals surface area contributed by atoms with Gasteiger partial charge in [-0.15, -0.1) is 0 Å². The molecule has 1 N–H and O–H groups in total. The zero-order valence-electron chi connectivity index (χ0n) is 13.2. The van der Waals surface area contributed by atoms with Crippen molar-refractivity contribution in [2.45, 2.75) is 46.0 Å². The van der Waals surface area contributed by atoms with E-state index >= 15 is 0 Å². The predicted octanol–water partition coefficient (Wildman–Crippen LogP) is 4.49. The van der Waals surface area contributed by atoms with Gasteiger partial charge in [0.15, 0.2) is 0 Å². The first kappa shape index (κ1) is 15.9. The molecule has 0 aromatic heterocycles. The van der Waals surface area contributed by atoms with E-state index in [0.717, 1.165) is 30.5 Å². The van der Waals surface area contributed by atoms with E-state index in [2.05, 4.69) is 12.2 Å². The van der Waals surface area contributed by atoms with E-state index in [1.165, 1.54) is 25.7 Å². The number of anilines is 1. The third-order valence-corrected chi connectivity index (χ3v) is 4.29. The largest absolute Gasteiger partial charge is 0.462 e. The quantitative estimate of drug-likeness (QED) is 0.784. The number of rotatable bonds is 6. The fraction of sp³-hybridized carbons (Fsp3) is 0.611. The number of benzene rings is 1. The number of carbonyl (C=O) groups is 1. The van der Waals surface area contributed by atoms with Crippen LogP contribution in [-0.2, 0) is 4.74 Å². The van der Waals surface area contributed by atoms with Crippen LogP contribution in [0.2, 0.25) is 0 Å². The Hall–Kier alpha value is -1.51. The SMILES string of the molecule is CCCOC(=O)c1ccc(NCC2CCC(C)CC2)cc1. The molecule has 1 aromatic carbocycles. The van der Waals surface area contributed by atoms with Crippen molar-refractivity contribution >= 4 is 11.7 Å². The molecule has 0 spiro atoms. The average molecular weight is 289 g/mol. The normalized spacial score (nSPS) is 21.8. The third kappa shape index (κ3) is 5.07. The summed E-state index contributed by atoms with van der Waals surface area (Å²) in [6.07, 6.45) is 6.22. The van der Waals surface area contributed by atoms with Crippen molar-refractivity contribution in [3.05, 3.63) is 29.8 Å². The Morgan fingerprint density at radius 3 is 2.48 bits per heavy atom. The molecule has 3 heteroatoms. The summed E-state index contributed by atoms with van der Waals surface area (Å²) in [7, 11) is 0. The molecule has 0 saturated heterocycles. The van der Waals surface area contributed by atoms with E-state index in [4.69, 9.17) is 4.74 Å². The number of hydrogen-bond donors (Lipinski definition) is 1. The summed E-state index contributed by atoms with van der Waals surface area (Å²) in [6, 6.07) is 7.61. The zero-order chi connectivity index (χ0) is 15.1. The molecular weight excluding hydrogens is 262 g/mol. The predicted molar refractivity (Wildman–Crippen MR) is 86.6 cm³/mol. The van der Waals surface area contributed by atoms with Crippen molar-refractivity contribution in [2.24, 2.45) is 11.8 Å². The molecule has 1 aromatic rings. The number of ether oxygens (including phenoxy) is 1. The van der Waals surface area contributed by atoms with Gasteiger partial charge in [-0.2, -0.15) is 0 Å². The summed E-state index contributed by atoms with van der Waals surface area (Å²) >= 11 is 0. The molecule has 0 amide bonds. The maximum atomic E-state index is 11.7. The van der Waals surface area contributed by atoms with E-state index < -0.39 is 0 Å². The Morgan fingerprint density at radius 1 is 1.19 bits per heavy atom. The van der Waals surface area contributed by atoms with Gasteiger partial charge in [0.1, 0.15) is 0 Å². The van der Waals surface area contributed by atoms with Crippen molar-refractivity contribution in [1.29, 1.82) is 0 Å². The van der Waals surface area contributed by atoms with Crippen LogP contribution in [0.25, 0.3) is 0 Å². The van der Waals surface area contributed by atoms with Crippen molar-refractivity contribution in [1.82, 2.24) is 0 Å². The van der Waals surface area contributed by atoms with Crippen molar-refractivity contribution in [2.75, 3.05) is 18.5 Å². The third-order valence-electron chi connectivity index (χ3n) is 4.29. The van der Waals surface area contributed by atoms with Gasteiger partial charge in [-0.05, 0) is 55.4 Å². The molecule has 116 valence electrons. The van der Waals surface area contributed by atoms with Crippen LogP contribution in [0.5, 0.6) is 0 Å². The van der Waals surface area contributed by atoms with Gasteiger partial charge in [0.05, 0.1) is 12.2 Å². The van der Waals surface area contributed by atoms with Crippen LogP contribution in [-0.4, -0.2) is 19.1 Å². The lowest BCUT2D eigenvalue weighted by molar-refractivity contribution is 0.0505. The Bertz CT molecular complexity index is 433. The lowest BCUT2D eigenvalue weighted by atomic mass is 9.83. The van der Waals surface area contributed by atoms with E-state index in [0.29, 0.717) is 12.2 Å². The van der Waals surface area contributed by atoms with Gasteiger partial charge in [0.25, 0.3) is 0 Å². The minimum Gasteiger partial charge on any atom is -0.462 e. The molecule has 0 unspecified atom stereocenters. The Morgan fingerprint density at radius 2 is 1.86 bits per heavy atom. The summed E-state index contributed by atoms with van der Waals surface area (Å²) in [5, 5.41) is 3.49. The second-order valence-corrected chi connectivity index (χ2v) is 6.22. The first-order valence-corrected chi connectivity index (χ1v) is 8.20. The lowest BCUT2D eigenvalue weighted by Gasteiger charge is -2.26. The van der Waals surface area contributed by atoms with Crippen LogP contribution in [0.15, 0.2) is 24.3 Å². The van der Waals surface area contributed by atoms with E-state index in [9.17, 15) is 4.79 Å². The molecule has 0 aliphatic heterocycles. The van der Waals surface area contributed by atoms with E-state index in [1.807, 2.05) is 31.2 Å². The molecule has 21 heavy (non-hydrogen) atoms. The first-order chi connectivity index (χ1) is 10.2. The Labute approximate surface area is 128 Å². The zero-order valence-corrected chi connectivity index (χ0v) is 13.2. The van der Waals surface area contributed by atoms with Crippen LogP contribution in [0.1, 0.15) is 56.3 Å². The Kier molecular flexibility index (Phi) is 6.09. The topological polar surface area (TPSA) is 38.3 Å². The van der Waals surface area contributed by atoms with Gasteiger partial charge >= 0.3 is 5.97 Å². The fourth-order valence-electron chi connectivity index (χ4n) is 2.80. The molecule has 0 radical (unpaired) electrons. The highest BCUT2D eigenvalue weighted by Crippen LogP contribution is 2.28. The first-order valence-electron chi connectivity index (χ1n) is 8.20. The highest BCUT2D eigenvalue weighted by Gasteiger charge is 2.17. The molecular formula is C18H27NO2. The summed E-state index contributed by atoms with van der Waals surface area (Å²) in [5.41, 5.74) is 1.71. The minimum absolute atomic E-state index is 0.232. The molecule has 1 fully saturated rings. The van der Waals surface area contributed by atoms with Crippen LogP contribution in [0.3, 0.4) is 0 Å². The molecule has 3 nitrogen and oxygen atoms in total. The van der Waals surface area contributed by atoms with Crippen LogP contribution in [0.4, 0.5) is 5.69 Å².